The number of fused-ring (bicyclic) bond motifs is 1. The second-order valence-electron chi connectivity index (χ2n) is 7.67. The van der Waals surface area contributed by atoms with Gasteiger partial charge in [-0.25, -0.2) is 0 Å². The molecule has 0 bridgehead atoms. The van der Waals surface area contributed by atoms with Crippen molar-refractivity contribution in [2.24, 2.45) is 0 Å². The summed E-state index contributed by atoms with van der Waals surface area (Å²) in [6.45, 7) is 4.60. The van der Waals surface area contributed by atoms with Crippen molar-refractivity contribution in [3.8, 4) is 0 Å². The average molecular weight is 388 g/mol. The van der Waals surface area contributed by atoms with Gasteiger partial charge in [0, 0.05) is 18.7 Å². The first-order chi connectivity index (χ1) is 14.0. The largest absolute Gasteiger partial charge is 0.459 e. The van der Waals surface area contributed by atoms with Crippen LogP contribution in [0.3, 0.4) is 0 Å². The number of carbonyl (C=O) groups is 2. The van der Waals surface area contributed by atoms with E-state index in [1.807, 2.05) is 48.5 Å². The zero-order valence-corrected chi connectivity index (χ0v) is 16.6. The highest BCUT2D eigenvalue weighted by Gasteiger charge is 2.36. The number of furan rings is 1. The fourth-order valence-corrected chi connectivity index (χ4v) is 3.71. The van der Waals surface area contributed by atoms with Gasteiger partial charge >= 0.3 is 0 Å². The maximum atomic E-state index is 13.2. The van der Waals surface area contributed by atoms with E-state index in [1.165, 1.54) is 6.26 Å². The first-order valence-corrected chi connectivity index (χ1v) is 9.85. The minimum absolute atomic E-state index is 0.194. The van der Waals surface area contributed by atoms with E-state index < -0.39 is 6.04 Å². The predicted molar refractivity (Wildman–Crippen MR) is 112 cm³/mol. The molecule has 2 heterocycles. The van der Waals surface area contributed by atoms with Crippen molar-refractivity contribution in [1.82, 2.24) is 4.90 Å². The Bertz CT molecular complexity index is 1020. The molecule has 29 heavy (non-hydrogen) atoms. The molecule has 2 aromatic carbocycles. The van der Waals surface area contributed by atoms with Gasteiger partial charge in [0.05, 0.1) is 6.26 Å². The molecule has 0 saturated heterocycles. The standard InChI is InChI=1S/C24H24N2O3/c1-16(2)17-9-5-10-20(13-17)25-23(27)21-14-18-7-3-4-8-19(18)15-26(21)24(28)22-11-6-12-29-22/h3-13,16,21H,14-15H2,1-2H3,(H,25,27). The Morgan fingerprint density at radius 2 is 1.83 bits per heavy atom. The predicted octanol–water partition coefficient (Wildman–Crippen LogP) is 4.61. The second kappa shape index (κ2) is 7.95. The molecule has 148 valence electrons. The van der Waals surface area contributed by atoms with Crippen LogP contribution in [0.5, 0.6) is 0 Å². The number of rotatable bonds is 4. The SMILES string of the molecule is CC(C)c1cccc(NC(=O)C2Cc3ccccc3CN2C(=O)c2ccco2)c1. The van der Waals surface area contributed by atoms with Gasteiger partial charge in [0.2, 0.25) is 5.91 Å². The molecular weight excluding hydrogens is 364 g/mol. The molecular formula is C24H24N2O3. The van der Waals surface area contributed by atoms with Crippen molar-refractivity contribution in [3.63, 3.8) is 0 Å². The minimum atomic E-state index is -0.606. The van der Waals surface area contributed by atoms with Gasteiger partial charge in [0.25, 0.3) is 5.91 Å². The van der Waals surface area contributed by atoms with Gasteiger partial charge in [-0.05, 0) is 46.9 Å². The zero-order chi connectivity index (χ0) is 20.4. The molecule has 4 rings (SSSR count). The fourth-order valence-electron chi connectivity index (χ4n) is 3.71. The molecule has 1 aromatic heterocycles. The minimum Gasteiger partial charge on any atom is -0.459 e. The van der Waals surface area contributed by atoms with Crippen LogP contribution in [-0.2, 0) is 17.8 Å². The molecule has 0 radical (unpaired) electrons. The summed E-state index contributed by atoms with van der Waals surface area (Å²) in [6.07, 6.45) is 1.94. The van der Waals surface area contributed by atoms with Crippen molar-refractivity contribution in [2.45, 2.75) is 38.8 Å². The van der Waals surface area contributed by atoms with E-state index in [1.54, 1.807) is 17.0 Å². The van der Waals surface area contributed by atoms with Crippen LogP contribution in [-0.4, -0.2) is 22.8 Å². The number of hydrogen-bond acceptors (Lipinski definition) is 3. The van der Waals surface area contributed by atoms with Crippen molar-refractivity contribution in [2.75, 3.05) is 5.32 Å². The number of amides is 2. The Morgan fingerprint density at radius 3 is 2.55 bits per heavy atom. The van der Waals surface area contributed by atoms with E-state index in [4.69, 9.17) is 4.42 Å². The lowest BCUT2D eigenvalue weighted by Crippen LogP contribution is -2.50. The van der Waals surface area contributed by atoms with E-state index in [9.17, 15) is 9.59 Å². The molecule has 2 amide bonds. The third-order valence-electron chi connectivity index (χ3n) is 5.36. The van der Waals surface area contributed by atoms with E-state index in [-0.39, 0.29) is 17.6 Å². The van der Waals surface area contributed by atoms with Gasteiger partial charge in [-0.3, -0.25) is 9.59 Å². The maximum absolute atomic E-state index is 13.2. The molecule has 1 atom stereocenters. The normalized spacial score (nSPS) is 15.8. The van der Waals surface area contributed by atoms with E-state index in [2.05, 4.69) is 19.2 Å². The third-order valence-corrected chi connectivity index (χ3v) is 5.36. The fraction of sp³-hybridized carbons (Fsp3) is 0.250. The Morgan fingerprint density at radius 1 is 1.03 bits per heavy atom. The molecule has 0 fully saturated rings. The van der Waals surface area contributed by atoms with Crippen molar-refractivity contribution >= 4 is 17.5 Å². The molecule has 5 nitrogen and oxygen atoms in total. The van der Waals surface area contributed by atoms with Crippen molar-refractivity contribution in [3.05, 3.63) is 89.4 Å². The smallest absolute Gasteiger partial charge is 0.290 e. The van der Waals surface area contributed by atoms with Crippen LogP contribution in [0.25, 0.3) is 0 Å². The molecule has 1 aliphatic heterocycles. The summed E-state index contributed by atoms with van der Waals surface area (Å²) in [4.78, 5) is 27.8. The highest BCUT2D eigenvalue weighted by atomic mass is 16.3. The van der Waals surface area contributed by atoms with Gasteiger partial charge in [-0.2, -0.15) is 0 Å². The zero-order valence-electron chi connectivity index (χ0n) is 16.6. The Hall–Kier alpha value is -3.34. The molecule has 0 aliphatic carbocycles. The Balaban J connectivity index is 1.62. The lowest BCUT2D eigenvalue weighted by molar-refractivity contribution is -0.121. The van der Waals surface area contributed by atoms with Crippen molar-refractivity contribution in [1.29, 1.82) is 0 Å². The van der Waals surface area contributed by atoms with Crippen LogP contribution >= 0.6 is 0 Å². The van der Waals surface area contributed by atoms with Gasteiger partial charge in [-0.1, -0.05) is 50.2 Å². The van der Waals surface area contributed by atoms with Gasteiger partial charge in [-0.15, -0.1) is 0 Å². The van der Waals surface area contributed by atoms with E-state index >= 15 is 0 Å². The Labute approximate surface area is 170 Å². The third kappa shape index (κ3) is 3.94. The van der Waals surface area contributed by atoms with Crippen LogP contribution < -0.4 is 5.32 Å². The molecule has 3 aromatic rings. The molecule has 5 heteroatoms. The van der Waals surface area contributed by atoms with E-state index in [0.717, 1.165) is 22.4 Å². The quantitative estimate of drug-likeness (QED) is 0.710. The second-order valence-corrected chi connectivity index (χ2v) is 7.67. The number of hydrogen-bond donors (Lipinski definition) is 1. The molecule has 1 N–H and O–H groups in total. The van der Waals surface area contributed by atoms with Crippen LogP contribution in [0.1, 0.15) is 47.0 Å². The number of carbonyl (C=O) groups excluding carboxylic acids is 2. The number of nitrogens with zero attached hydrogens (tertiary/aromatic N) is 1. The highest BCUT2D eigenvalue weighted by molar-refractivity contribution is 6.00. The lowest BCUT2D eigenvalue weighted by atomic mass is 9.93. The molecule has 1 unspecified atom stereocenters. The average Bonchev–Trinajstić information content (AvgIpc) is 3.27. The van der Waals surface area contributed by atoms with Gasteiger partial charge in [0.15, 0.2) is 5.76 Å². The van der Waals surface area contributed by atoms with Crippen LogP contribution in [0.2, 0.25) is 0 Å². The van der Waals surface area contributed by atoms with E-state index in [0.29, 0.717) is 18.9 Å². The van der Waals surface area contributed by atoms with Gasteiger partial charge in [0.1, 0.15) is 6.04 Å². The van der Waals surface area contributed by atoms with Crippen LogP contribution in [0, 0.1) is 0 Å². The summed E-state index contributed by atoms with van der Waals surface area (Å²) in [6, 6.07) is 18.5. The topological polar surface area (TPSA) is 62.6 Å². The number of benzene rings is 2. The van der Waals surface area contributed by atoms with Crippen LogP contribution in [0.4, 0.5) is 5.69 Å². The summed E-state index contributed by atoms with van der Waals surface area (Å²) in [7, 11) is 0. The maximum Gasteiger partial charge on any atom is 0.290 e. The molecule has 0 spiro atoms. The first kappa shape index (κ1) is 19.0. The first-order valence-electron chi connectivity index (χ1n) is 9.85. The summed E-state index contributed by atoms with van der Waals surface area (Å²) < 4.78 is 5.30. The molecule has 0 saturated carbocycles. The Kier molecular flexibility index (Phi) is 5.21. The number of nitrogens with one attached hydrogen (secondary N) is 1. The summed E-state index contributed by atoms with van der Waals surface area (Å²) >= 11 is 0. The highest BCUT2D eigenvalue weighted by Crippen LogP contribution is 2.26. The summed E-state index contributed by atoms with van der Waals surface area (Å²) in [5.41, 5.74) is 4.04. The van der Waals surface area contributed by atoms with Crippen LogP contribution in [0.15, 0.2) is 71.3 Å². The van der Waals surface area contributed by atoms with Gasteiger partial charge < -0.3 is 14.6 Å². The lowest BCUT2D eigenvalue weighted by Gasteiger charge is -2.35. The summed E-state index contributed by atoms with van der Waals surface area (Å²) in [5.74, 6) is 0.135. The molecule has 1 aliphatic rings. The monoisotopic (exact) mass is 388 g/mol. The number of anilines is 1. The summed E-state index contributed by atoms with van der Waals surface area (Å²) in [5, 5.41) is 3.00. The van der Waals surface area contributed by atoms with Crippen molar-refractivity contribution < 1.29 is 14.0 Å².